The third-order valence-corrected chi connectivity index (χ3v) is 3.48. The van der Waals surface area contributed by atoms with Crippen LogP contribution in [-0.2, 0) is 12.8 Å². The highest BCUT2D eigenvalue weighted by Crippen LogP contribution is 2.27. The molecule has 0 fully saturated rings. The van der Waals surface area contributed by atoms with Crippen molar-refractivity contribution in [2.24, 2.45) is 0 Å². The van der Waals surface area contributed by atoms with Gasteiger partial charge in [0.05, 0.1) is 0 Å². The van der Waals surface area contributed by atoms with Crippen LogP contribution in [0.2, 0.25) is 5.15 Å². The Balaban J connectivity index is 2.11. The van der Waals surface area contributed by atoms with E-state index >= 15 is 0 Å². The second-order valence-corrected chi connectivity index (χ2v) is 4.69. The lowest BCUT2D eigenvalue weighted by Crippen LogP contribution is -2.08. The van der Waals surface area contributed by atoms with Gasteiger partial charge in [-0.05, 0) is 25.7 Å². The average Bonchev–Trinajstić information content (AvgIpc) is 2.40. The molecule has 0 radical (unpaired) electrons. The van der Waals surface area contributed by atoms with Crippen LogP contribution in [0, 0.1) is 0 Å². The number of rotatable bonds is 1. The van der Waals surface area contributed by atoms with Crippen LogP contribution < -0.4 is 0 Å². The lowest BCUT2D eigenvalue weighted by atomic mass is 9.97. The van der Waals surface area contributed by atoms with Crippen LogP contribution in [0.5, 0.6) is 0 Å². The molecule has 0 unspecified atom stereocenters. The van der Waals surface area contributed by atoms with E-state index in [9.17, 15) is 0 Å². The third kappa shape index (κ3) is 2.05. The molecule has 2 nitrogen and oxygen atoms in total. The molecule has 1 heterocycles. The van der Waals surface area contributed by atoms with Crippen LogP contribution in [-0.4, -0.2) is 9.97 Å². The predicted octanol–water partition coefficient (Wildman–Crippen LogP) is 3.68. The molecule has 1 aliphatic carbocycles. The highest BCUT2D eigenvalue weighted by atomic mass is 35.5. The van der Waals surface area contributed by atoms with Gasteiger partial charge in [-0.3, -0.25) is 0 Å². The zero-order valence-corrected chi connectivity index (χ0v) is 10.2. The number of fused-ring (bicyclic) bond motifs is 1. The molecule has 17 heavy (non-hydrogen) atoms. The van der Waals surface area contributed by atoms with Crippen LogP contribution in [0.1, 0.15) is 24.1 Å². The van der Waals surface area contributed by atoms with Gasteiger partial charge in [-0.25, -0.2) is 9.97 Å². The lowest BCUT2D eigenvalue weighted by molar-refractivity contribution is 0.663. The molecule has 0 spiro atoms. The molecule has 1 aliphatic rings. The number of halogens is 1. The molecular weight excluding hydrogens is 232 g/mol. The Morgan fingerprint density at radius 3 is 2.53 bits per heavy atom. The summed E-state index contributed by atoms with van der Waals surface area (Å²) in [4.78, 5) is 9.06. The number of aromatic nitrogens is 2. The second-order valence-electron chi connectivity index (χ2n) is 4.34. The van der Waals surface area contributed by atoms with Gasteiger partial charge in [-0.15, -0.1) is 0 Å². The summed E-state index contributed by atoms with van der Waals surface area (Å²) in [6.45, 7) is 0. The van der Waals surface area contributed by atoms with E-state index < -0.39 is 0 Å². The molecule has 0 saturated carbocycles. The predicted molar refractivity (Wildman–Crippen MR) is 69.1 cm³/mol. The van der Waals surface area contributed by atoms with Crippen LogP contribution in [0.15, 0.2) is 30.3 Å². The number of hydrogen-bond donors (Lipinski definition) is 0. The van der Waals surface area contributed by atoms with Gasteiger partial charge in [-0.2, -0.15) is 0 Å². The Kier molecular flexibility index (Phi) is 2.81. The van der Waals surface area contributed by atoms with Crippen molar-refractivity contribution in [3.05, 3.63) is 46.7 Å². The summed E-state index contributed by atoms with van der Waals surface area (Å²) >= 11 is 6.25. The monoisotopic (exact) mass is 244 g/mol. The SMILES string of the molecule is Clc1nc(-c2ccccc2)nc2c1CCCC2. The molecule has 0 bridgehead atoms. The fourth-order valence-corrected chi connectivity index (χ4v) is 2.55. The summed E-state index contributed by atoms with van der Waals surface area (Å²) in [7, 11) is 0. The van der Waals surface area contributed by atoms with E-state index in [1.807, 2.05) is 30.3 Å². The average molecular weight is 245 g/mol. The van der Waals surface area contributed by atoms with Gasteiger partial charge in [0.15, 0.2) is 5.82 Å². The standard InChI is InChI=1S/C14H13ClN2/c15-13-11-8-4-5-9-12(11)16-14(17-13)10-6-2-1-3-7-10/h1-3,6-7H,4-5,8-9H2. The van der Waals surface area contributed by atoms with E-state index in [2.05, 4.69) is 9.97 Å². The number of aryl methyl sites for hydroxylation is 1. The topological polar surface area (TPSA) is 25.8 Å². The molecule has 0 aliphatic heterocycles. The van der Waals surface area contributed by atoms with Crippen molar-refractivity contribution >= 4 is 11.6 Å². The number of benzene rings is 1. The summed E-state index contributed by atoms with van der Waals surface area (Å²) in [5.41, 5.74) is 3.32. The summed E-state index contributed by atoms with van der Waals surface area (Å²) in [6, 6.07) is 10.0. The largest absolute Gasteiger partial charge is 0.233 e. The second kappa shape index (κ2) is 4.46. The van der Waals surface area contributed by atoms with E-state index in [4.69, 9.17) is 11.6 Å². The van der Waals surface area contributed by atoms with Crippen molar-refractivity contribution in [2.45, 2.75) is 25.7 Å². The Labute approximate surface area is 106 Å². The van der Waals surface area contributed by atoms with Gasteiger partial charge in [0.2, 0.25) is 0 Å². The molecule has 0 N–H and O–H groups in total. The Morgan fingerprint density at radius 1 is 0.941 bits per heavy atom. The molecule has 0 saturated heterocycles. The van der Waals surface area contributed by atoms with E-state index in [0.717, 1.165) is 35.5 Å². The van der Waals surface area contributed by atoms with Crippen LogP contribution >= 0.6 is 11.6 Å². The molecule has 1 aromatic heterocycles. The Morgan fingerprint density at radius 2 is 1.71 bits per heavy atom. The van der Waals surface area contributed by atoms with Crippen molar-refractivity contribution < 1.29 is 0 Å². The molecule has 0 amide bonds. The zero-order valence-electron chi connectivity index (χ0n) is 9.49. The van der Waals surface area contributed by atoms with Crippen molar-refractivity contribution in [3.63, 3.8) is 0 Å². The summed E-state index contributed by atoms with van der Waals surface area (Å²) in [5, 5.41) is 0.633. The van der Waals surface area contributed by atoms with Gasteiger partial charge in [0.25, 0.3) is 0 Å². The zero-order chi connectivity index (χ0) is 11.7. The minimum Gasteiger partial charge on any atom is -0.233 e. The van der Waals surface area contributed by atoms with Gasteiger partial charge in [-0.1, -0.05) is 41.9 Å². The molecule has 86 valence electrons. The van der Waals surface area contributed by atoms with E-state index in [1.54, 1.807) is 0 Å². The quantitative estimate of drug-likeness (QED) is 0.716. The van der Waals surface area contributed by atoms with Crippen molar-refractivity contribution in [1.29, 1.82) is 0 Å². The normalized spacial score (nSPS) is 14.4. The molecule has 1 aromatic carbocycles. The van der Waals surface area contributed by atoms with Crippen molar-refractivity contribution in [2.75, 3.05) is 0 Å². The summed E-state index contributed by atoms with van der Waals surface area (Å²) in [6.07, 6.45) is 4.44. The van der Waals surface area contributed by atoms with Crippen molar-refractivity contribution in [1.82, 2.24) is 9.97 Å². The van der Waals surface area contributed by atoms with Gasteiger partial charge in [0.1, 0.15) is 5.15 Å². The number of nitrogens with zero attached hydrogens (tertiary/aromatic N) is 2. The summed E-state index contributed by atoms with van der Waals surface area (Å²) < 4.78 is 0. The molecular formula is C14H13ClN2. The van der Waals surface area contributed by atoms with Gasteiger partial charge in [0, 0.05) is 16.8 Å². The fourth-order valence-electron chi connectivity index (χ4n) is 2.26. The highest BCUT2D eigenvalue weighted by Gasteiger charge is 2.16. The lowest BCUT2D eigenvalue weighted by Gasteiger charge is -2.16. The maximum absolute atomic E-state index is 6.25. The third-order valence-electron chi connectivity index (χ3n) is 3.16. The van der Waals surface area contributed by atoms with Crippen LogP contribution in [0.4, 0.5) is 0 Å². The maximum Gasteiger partial charge on any atom is 0.161 e. The maximum atomic E-state index is 6.25. The van der Waals surface area contributed by atoms with Gasteiger partial charge >= 0.3 is 0 Å². The van der Waals surface area contributed by atoms with E-state index in [-0.39, 0.29) is 0 Å². The van der Waals surface area contributed by atoms with Crippen LogP contribution in [0.25, 0.3) is 11.4 Å². The molecule has 3 heteroatoms. The number of hydrogen-bond acceptors (Lipinski definition) is 2. The Hall–Kier alpha value is -1.41. The minimum atomic E-state index is 0.633. The van der Waals surface area contributed by atoms with Crippen molar-refractivity contribution in [3.8, 4) is 11.4 Å². The first-order valence-electron chi connectivity index (χ1n) is 5.95. The molecule has 3 rings (SSSR count). The smallest absolute Gasteiger partial charge is 0.161 e. The minimum absolute atomic E-state index is 0.633. The van der Waals surface area contributed by atoms with E-state index in [0.29, 0.717) is 5.15 Å². The summed E-state index contributed by atoms with van der Waals surface area (Å²) in [5.74, 6) is 0.747. The Bertz CT molecular complexity index is 537. The molecule has 2 aromatic rings. The first kappa shape index (κ1) is 10.7. The highest BCUT2D eigenvalue weighted by molar-refractivity contribution is 6.30. The van der Waals surface area contributed by atoms with Crippen LogP contribution in [0.3, 0.4) is 0 Å². The van der Waals surface area contributed by atoms with Gasteiger partial charge < -0.3 is 0 Å². The van der Waals surface area contributed by atoms with E-state index in [1.165, 1.54) is 12.8 Å². The first-order valence-corrected chi connectivity index (χ1v) is 6.33. The first-order chi connectivity index (χ1) is 8.34. The molecule has 0 atom stereocenters. The fraction of sp³-hybridized carbons (Fsp3) is 0.286.